The fourth-order valence-electron chi connectivity index (χ4n) is 2.01. The van der Waals surface area contributed by atoms with E-state index in [1.54, 1.807) is 24.5 Å². The summed E-state index contributed by atoms with van der Waals surface area (Å²) in [7, 11) is 0. The van der Waals surface area contributed by atoms with Gasteiger partial charge >= 0.3 is 6.18 Å². The summed E-state index contributed by atoms with van der Waals surface area (Å²) in [6, 6.07) is 7.00. The number of pyridine rings is 1. The number of rotatable bonds is 6. The van der Waals surface area contributed by atoms with Gasteiger partial charge in [0.25, 0.3) is 0 Å². The van der Waals surface area contributed by atoms with Crippen molar-refractivity contribution in [1.29, 1.82) is 0 Å². The van der Waals surface area contributed by atoms with Crippen molar-refractivity contribution in [2.45, 2.75) is 19.1 Å². The quantitative estimate of drug-likeness (QED) is 0.825. The molecule has 1 amide bonds. The lowest BCUT2D eigenvalue weighted by Gasteiger charge is -2.15. The molecule has 128 valence electrons. The second-order valence-corrected chi connectivity index (χ2v) is 5.43. The maximum Gasteiger partial charge on any atom is 0.418 e. The third-order valence-corrected chi connectivity index (χ3v) is 3.43. The molecule has 0 saturated heterocycles. The Kier molecular flexibility index (Phi) is 6.03. The summed E-state index contributed by atoms with van der Waals surface area (Å²) in [4.78, 5) is 15.6. The minimum Gasteiger partial charge on any atom is -0.384 e. The first-order valence-corrected chi connectivity index (χ1v) is 7.50. The van der Waals surface area contributed by atoms with Crippen molar-refractivity contribution in [2.75, 3.05) is 11.9 Å². The number of carbonyl (C=O) groups excluding carboxylic acids is 1. The van der Waals surface area contributed by atoms with E-state index in [1.165, 1.54) is 12.1 Å². The molecule has 0 radical (unpaired) electrons. The Morgan fingerprint density at radius 1 is 1.17 bits per heavy atom. The first kappa shape index (κ1) is 18.1. The average molecular weight is 358 g/mol. The van der Waals surface area contributed by atoms with Crippen LogP contribution in [0.1, 0.15) is 17.5 Å². The highest BCUT2D eigenvalue weighted by atomic mass is 35.5. The molecule has 2 rings (SSSR count). The van der Waals surface area contributed by atoms with E-state index < -0.39 is 11.7 Å². The van der Waals surface area contributed by atoms with Gasteiger partial charge in [-0.15, -0.1) is 0 Å². The lowest BCUT2D eigenvalue weighted by atomic mass is 10.1. The molecular formula is C16H15ClF3N3O. The molecule has 0 unspecified atom stereocenters. The largest absolute Gasteiger partial charge is 0.418 e. The maximum atomic E-state index is 12.9. The molecular weight excluding hydrogens is 343 g/mol. The van der Waals surface area contributed by atoms with Gasteiger partial charge in [-0.2, -0.15) is 13.2 Å². The third kappa shape index (κ3) is 5.42. The van der Waals surface area contributed by atoms with Crippen LogP contribution in [-0.4, -0.2) is 17.4 Å². The van der Waals surface area contributed by atoms with Crippen molar-refractivity contribution in [3.63, 3.8) is 0 Å². The Bertz CT molecular complexity index is 693. The van der Waals surface area contributed by atoms with E-state index in [2.05, 4.69) is 15.6 Å². The Morgan fingerprint density at radius 2 is 1.88 bits per heavy atom. The number of carbonyl (C=O) groups is 1. The smallest absolute Gasteiger partial charge is 0.384 e. The van der Waals surface area contributed by atoms with Gasteiger partial charge in [-0.25, -0.2) is 0 Å². The predicted octanol–water partition coefficient (Wildman–Crippen LogP) is 3.87. The Morgan fingerprint density at radius 3 is 2.54 bits per heavy atom. The van der Waals surface area contributed by atoms with E-state index >= 15 is 0 Å². The number of hydrogen-bond acceptors (Lipinski definition) is 3. The third-order valence-electron chi connectivity index (χ3n) is 3.19. The molecule has 24 heavy (non-hydrogen) atoms. The zero-order valence-corrected chi connectivity index (χ0v) is 13.3. The SMILES string of the molecule is O=C(CCNc1ccc(Cl)cc1C(F)(F)F)NCc1ccncc1. The molecule has 0 atom stereocenters. The maximum absolute atomic E-state index is 12.9. The van der Waals surface area contributed by atoms with Crippen molar-refractivity contribution in [2.24, 2.45) is 0 Å². The molecule has 1 heterocycles. The van der Waals surface area contributed by atoms with Gasteiger partial charge in [-0.05, 0) is 35.9 Å². The number of nitrogens with one attached hydrogen (secondary N) is 2. The van der Waals surface area contributed by atoms with Crippen LogP contribution < -0.4 is 10.6 Å². The fourth-order valence-corrected chi connectivity index (χ4v) is 2.18. The van der Waals surface area contributed by atoms with Gasteiger partial charge in [0.2, 0.25) is 5.91 Å². The van der Waals surface area contributed by atoms with E-state index in [0.717, 1.165) is 11.6 Å². The Balaban J connectivity index is 1.85. The summed E-state index contributed by atoms with van der Waals surface area (Å²) in [5, 5.41) is 5.32. The molecule has 0 bridgehead atoms. The van der Waals surface area contributed by atoms with Crippen LogP contribution in [0.4, 0.5) is 18.9 Å². The molecule has 2 aromatic rings. The van der Waals surface area contributed by atoms with Crippen LogP contribution in [0, 0.1) is 0 Å². The van der Waals surface area contributed by atoms with Crippen molar-refractivity contribution in [1.82, 2.24) is 10.3 Å². The van der Waals surface area contributed by atoms with Crippen molar-refractivity contribution < 1.29 is 18.0 Å². The van der Waals surface area contributed by atoms with Gasteiger partial charge in [-0.1, -0.05) is 11.6 Å². The van der Waals surface area contributed by atoms with Gasteiger partial charge in [0.1, 0.15) is 0 Å². The molecule has 0 saturated carbocycles. The topological polar surface area (TPSA) is 54.0 Å². The normalized spacial score (nSPS) is 11.2. The van der Waals surface area contributed by atoms with E-state index in [1.807, 2.05) is 0 Å². The number of halogens is 4. The molecule has 8 heteroatoms. The summed E-state index contributed by atoms with van der Waals surface area (Å²) in [5.41, 5.74) is -0.0654. The highest BCUT2D eigenvalue weighted by Gasteiger charge is 2.33. The first-order valence-electron chi connectivity index (χ1n) is 7.12. The van der Waals surface area contributed by atoms with Crippen LogP contribution in [0.5, 0.6) is 0 Å². The van der Waals surface area contributed by atoms with Gasteiger partial charge in [0.15, 0.2) is 0 Å². The average Bonchev–Trinajstić information content (AvgIpc) is 2.54. The summed E-state index contributed by atoms with van der Waals surface area (Å²) in [6.45, 7) is 0.420. The van der Waals surface area contributed by atoms with E-state index in [0.29, 0.717) is 6.54 Å². The zero-order chi connectivity index (χ0) is 17.6. The number of benzene rings is 1. The van der Waals surface area contributed by atoms with Crippen LogP contribution in [0.2, 0.25) is 5.02 Å². The minimum atomic E-state index is -4.52. The van der Waals surface area contributed by atoms with Crippen molar-refractivity contribution >= 4 is 23.2 Å². The van der Waals surface area contributed by atoms with Crippen LogP contribution in [0.25, 0.3) is 0 Å². The number of anilines is 1. The van der Waals surface area contributed by atoms with Crippen molar-refractivity contribution in [3.05, 3.63) is 58.9 Å². The number of alkyl halides is 3. The minimum absolute atomic E-state index is 0.00275. The highest BCUT2D eigenvalue weighted by molar-refractivity contribution is 6.30. The van der Waals surface area contributed by atoms with E-state index in [4.69, 9.17) is 11.6 Å². The highest BCUT2D eigenvalue weighted by Crippen LogP contribution is 2.36. The molecule has 0 fully saturated rings. The molecule has 1 aromatic heterocycles. The summed E-state index contributed by atoms with van der Waals surface area (Å²) >= 11 is 5.61. The van der Waals surface area contributed by atoms with Gasteiger partial charge < -0.3 is 10.6 Å². The number of amides is 1. The molecule has 2 N–H and O–H groups in total. The van der Waals surface area contributed by atoms with Gasteiger partial charge in [0.05, 0.1) is 5.56 Å². The lowest BCUT2D eigenvalue weighted by Crippen LogP contribution is -2.25. The van der Waals surface area contributed by atoms with Crippen molar-refractivity contribution in [3.8, 4) is 0 Å². The molecule has 0 spiro atoms. The monoisotopic (exact) mass is 357 g/mol. The number of nitrogens with zero attached hydrogens (tertiary/aromatic N) is 1. The van der Waals surface area contributed by atoms with Crippen LogP contribution in [0.15, 0.2) is 42.7 Å². The van der Waals surface area contributed by atoms with E-state index in [9.17, 15) is 18.0 Å². The second-order valence-electron chi connectivity index (χ2n) is 5.00. The molecule has 4 nitrogen and oxygen atoms in total. The Hall–Kier alpha value is -2.28. The predicted molar refractivity (Wildman–Crippen MR) is 85.6 cm³/mol. The van der Waals surface area contributed by atoms with Gasteiger partial charge in [0, 0.05) is 42.6 Å². The zero-order valence-electron chi connectivity index (χ0n) is 12.5. The molecule has 0 aliphatic carbocycles. The number of hydrogen-bond donors (Lipinski definition) is 2. The van der Waals surface area contributed by atoms with Gasteiger partial charge in [-0.3, -0.25) is 9.78 Å². The molecule has 0 aliphatic rings. The second kappa shape index (κ2) is 8.01. The number of aromatic nitrogens is 1. The standard InChI is InChI=1S/C16H15ClF3N3O/c17-12-1-2-14(13(9-12)16(18,19)20)22-8-5-15(24)23-10-11-3-6-21-7-4-11/h1-4,6-7,9,22H,5,8,10H2,(H,23,24). The fraction of sp³-hybridized carbons (Fsp3) is 0.250. The van der Waals surface area contributed by atoms with Crippen LogP contribution >= 0.6 is 11.6 Å². The summed E-state index contributed by atoms with van der Waals surface area (Å²) in [6.07, 6.45) is -1.24. The van der Waals surface area contributed by atoms with Crippen LogP contribution in [-0.2, 0) is 17.5 Å². The molecule has 1 aromatic carbocycles. The van der Waals surface area contributed by atoms with Crippen LogP contribution in [0.3, 0.4) is 0 Å². The lowest BCUT2D eigenvalue weighted by molar-refractivity contribution is -0.137. The summed E-state index contributed by atoms with van der Waals surface area (Å²) in [5.74, 6) is -0.262. The molecule has 0 aliphatic heterocycles. The first-order chi connectivity index (χ1) is 11.4. The Labute approximate surface area is 142 Å². The van der Waals surface area contributed by atoms with E-state index in [-0.39, 0.29) is 29.6 Å². The summed E-state index contributed by atoms with van der Waals surface area (Å²) < 4.78 is 38.8.